The van der Waals surface area contributed by atoms with E-state index in [-0.39, 0.29) is 0 Å². The number of benzene rings is 12. The maximum absolute atomic E-state index is 10.2. The van der Waals surface area contributed by atoms with Gasteiger partial charge in [0.25, 0.3) is 0 Å². The first kappa shape index (κ1) is 49.9. The van der Waals surface area contributed by atoms with Gasteiger partial charge in [0.05, 0.1) is 74.1 Å². The Morgan fingerprint density at radius 3 is 1.23 bits per heavy atom. The van der Waals surface area contributed by atoms with Crippen molar-refractivity contribution in [1.82, 2.24) is 24.1 Å². The monoisotopic (exact) mass is 1120 g/mol. The van der Waals surface area contributed by atoms with Crippen molar-refractivity contribution in [2.45, 2.75) is 0 Å². The molecule has 5 aromatic heterocycles. The number of aromatic nitrogens is 5. The van der Waals surface area contributed by atoms with Gasteiger partial charge in [-0.25, -0.2) is 19.8 Å². The van der Waals surface area contributed by atoms with Crippen molar-refractivity contribution in [1.29, 1.82) is 10.5 Å². The predicted octanol–water partition coefficient (Wildman–Crippen LogP) is 20.2. The smallest absolute Gasteiger partial charge is 0.187 e. The van der Waals surface area contributed by atoms with E-state index in [9.17, 15) is 10.5 Å². The van der Waals surface area contributed by atoms with Gasteiger partial charge in [-0.1, -0.05) is 158 Å². The molecule has 10 heteroatoms. The molecule has 5 heterocycles. The highest BCUT2D eigenvalue weighted by atomic mass is 16.3. The van der Waals surface area contributed by atoms with Crippen LogP contribution in [0.5, 0.6) is 0 Å². The Kier molecular flexibility index (Phi) is 11.2. The van der Waals surface area contributed by atoms with E-state index in [2.05, 4.69) is 160 Å². The van der Waals surface area contributed by atoms with Crippen LogP contribution in [0.4, 0.5) is 5.69 Å². The van der Waals surface area contributed by atoms with Crippen LogP contribution in [0.2, 0.25) is 0 Å². The van der Waals surface area contributed by atoms with E-state index in [4.69, 9.17) is 30.4 Å². The molecule has 0 saturated heterocycles. The van der Waals surface area contributed by atoms with E-state index in [0.29, 0.717) is 34.3 Å². The van der Waals surface area contributed by atoms with Gasteiger partial charge in [0, 0.05) is 49.0 Å². The average Bonchev–Trinajstić information content (AvgIpc) is 1.87. The summed E-state index contributed by atoms with van der Waals surface area (Å²) in [6.07, 6.45) is 0. The van der Waals surface area contributed by atoms with Crippen molar-refractivity contribution in [3.05, 3.63) is 277 Å². The molecule has 0 fully saturated rings. The summed E-state index contributed by atoms with van der Waals surface area (Å²) in [5, 5.41) is 28.4. The Bertz CT molecular complexity index is 5610. The van der Waals surface area contributed by atoms with Crippen molar-refractivity contribution >= 4 is 93.2 Å². The van der Waals surface area contributed by atoms with E-state index < -0.39 is 0 Å². The van der Waals surface area contributed by atoms with Crippen LogP contribution >= 0.6 is 0 Å². The number of hydrogen-bond donors (Lipinski definition) is 0. The second-order valence-corrected chi connectivity index (χ2v) is 22.0. The summed E-state index contributed by atoms with van der Waals surface area (Å²) in [4.78, 5) is 20.3. The highest BCUT2D eigenvalue weighted by Crippen LogP contribution is 2.46. The van der Waals surface area contributed by atoms with Crippen molar-refractivity contribution in [3.63, 3.8) is 0 Å². The van der Waals surface area contributed by atoms with Crippen molar-refractivity contribution in [2.75, 3.05) is 0 Å². The minimum atomic E-state index is 0.421. The zero-order valence-electron chi connectivity index (χ0n) is 46.6. The fourth-order valence-electron chi connectivity index (χ4n) is 13.0. The Morgan fingerprint density at radius 1 is 0.341 bits per heavy atom. The summed E-state index contributed by atoms with van der Waals surface area (Å²) < 4.78 is 18.2. The van der Waals surface area contributed by atoms with Crippen LogP contribution in [-0.4, -0.2) is 24.1 Å². The van der Waals surface area contributed by atoms with Crippen LogP contribution in [0.3, 0.4) is 0 Å². The molecule has 0 atom stereocenters. The van der Waals surface area contributed by atoms with Crippen LogP contribution in [0.15, 0.2) is 264 Å². The van der Waals surface area contributed by atoms with Crippen LogP contribution in [-0.2, 0) is 0 Å². The van der Waals surface area contributed by atoms with Gasteiger partial charge in [-0.3, -0.25) is 0 Å². The lowest BCUT2D eigenvalue weighted by Gasteiger charge is -2.18. The fraction of sp³-hybridized carbons (Fsp3) is 0. The van der Waals surface area contributed by atoms with Gasteiger partial charge < -0.3 is 18.0 Å². The van der Waals surface area contributed by atoms with Crippen LogP contribution in [0, 0.1) is 29.2 Å². The second kappa shape index (κ2) is 19.7. The molecule has 0 aliphatic carbocycles. The van der Waals surface area contributed by atoms with Crippen molar-refractivity contribution in [3.8, 4) is 91.1 Å². The first-order valence-corrected chi connectivity index (χ1v) is 28.8. The molecule has 17 aromatic rings. The predicted molar refractivity (Wildman–Crippen MR) is 351 cm³/mol. The number of nitriles is 2. The Labute approximate surface area is 502 Å². The van der Waals surface area contributed by atoms with Gasteiger partial charge in [-0.15, -0.1) is 0 Å². The number of fused-ring (bicyclic) bond motifs is 14. The highest BCUT2D eigenvalue weighted by Gasteiger charge is 2.26. The maximum Gasteiger partial charge on any atom is 0.187 e. The molecule has 17 rings (SSSR count). The van der Waals surface area contributed by atoms with E-state index in [1.165, 1.54) is 0 Å². The van der Waals surface area contributed by atoms with Crippen LogP contribution in [0.25, 0.3) is 171 Å². The Hall–Kier alpha value is -12.7. The zero-order valence-corrected chi connectivity index (χ0v) is 46.6. The van der Waals surface area contributed by atoms with Gasteiger partial charge in [0.1, 0.15) is 22.3 Å². The molecule has 0 aliphatic rings. The van der Waals surface area contributed by atoms with Crippen LogP contribution in [0.1, 0.15) is 11.1 Å². The van der Waals surface area contributed by atoms with Crippen molar-refractivity contribution in [2.24, 2.45) is 0 Å². The molecule has 0 saturated carbocycles. The number of nitrogens with zero attached hydrogens (tertiary/aromatic N) is 8. The largest absolute Gasteiger partial charge is 0.455 e. The molecular formula is C78H42N8O2. The molecule has 12 aromatic carbocycles. The molecule has 0 amide bonds. The lowest BCUT2D eigenvalue weighted by Crippen LogP contribution is -2.06. The molecule has 0 N–H and O–H groups in total. The number of rotatable bonds is 8. The zero-order chi connectivity index (χ0) is 58.6. The van der Waals surface area contributed by atoms with Gasteiger partial charge in [0.2, 0.25) is 0 Å². The Morgan fingerprint density at radius 2 is 0.750 bits per heavy atom. The average molecular weight is 1120 g/mol. The molecule has 88 heavy (non-hydrogen) atoms. The fourth-order valence-corrected chi connectivity index (χ4v) is 13.0. The van der Waals surface area contributed by atoms with E-state index in [0.717, 1.165) is 149 Å². The van der Waals surface area contributed by atoms with Gasteiger partial charge in [0.15, 0.2) is 23.2 Å². The molecule has 0 unspecified atom stereocenters. The normalized spacial score (nSPS) is 11.6. The third-order valence-corrected chi connectivity index (χ3v) is 17.1. The summed E-state index contributed by atoms with van der Waals surface area (Å²) in [5.41, 5.74) is 17.9. The first-order valence-electron chi connectivity index (χ1n) is 28.8. The standard InChI is InChI=1S/C78H42N8O2/c1-81-55-32-28-49(29-33-55)48-24-26-50(27-25-48)76-82-77(62-34-30-53(51-14-10-12-46(40-51)44-79)42-68(62)85-64-20-6-2-18-60(64)72-66(85)38-36-58-56-16-4-8-22-70(56)87-74(58)72)84-78(83-76)63-35-31-54(52-15-11-13-47(41-52)45-80)43-69(63)86-65-21-7-3-19-61(65)73-67(86)39-37-59-57-17-5-9-23-71(57)88-75(59)73/h2-43H. The minimum Gasteiger partial charge on any atom is -0.455 e. The number of para-hydroxylation sites is 4. The number of hydrogen-bond acceptors (Lipinski definition) is 7. The SMILES string of the molecule is [C-]#[N+]c1ccc(-c2ccc(-c3nc(-c4ccc(-c5cccc(C#N)c5)cc4-n4c5ccccc5c5c6oc7ccccc7c6ccc54)nc(-c4ccc(-c5cccc(C#N)c5)cc4-n4c5ccccc5c5c6oc7ccccc7c6ccc54)n3)cc2)cc1. The summed E-state index contributed by atoms with van der Waals surface area (Å²) in [6.45, 7) is 7.55. The maximum atomic E-state index is 10.2. The van der Waals surface area contributed by atoms with E-state index >= 15 is 0 Å². The van der Waals surface area contributed by atoms with E-state index in [1.807, 2.05) is 121 Å². The van der Waals surface area contributed by atoms with E-state index in [1.54, 1.807) is 0 Å². The quantitative estimate of drug-likeness (QED) is 0.139. The Balaban J connectivity index is 0.961. The van der Waals surface area contributed by atoms with Gasteiger partial charge >= 0.3 is 0 Å². The first-order chi connectivity index (χ1) is 43.5. The molecule has 406 valence electrons. The minimum absolute atomic E-state index is 0.421. The third kappa shape index (κ3) is 7.83. The lowest BCUT2D eigenvalue weighted by molar-refractivity contribution is 0.672. The second-order valence-electron chi connectivity index (χ2n) is 22.0. The summed E-state index contributed by atoms with van der Waals surface area (Å²) in [6, 6.07) is 90.3. The lowest BCUT2D eigenvalue weighted by atomic mass is 9.99. The van der Waals surface area contributed by atoms with Gasteiger partial charge in [-0.2, -0.15) is 10.5 Å². The molecule has 10 nitrogen and oxygen atoms in total. The molecule has 0 aliphatic heterocycles. The summed E-state index contributed by atoms with van der Waals surface area (Å²) in [5.74, 6) is 1.29. The molecule has 0 bridgehead atoms. The van der Waals surface area contributed by atoms with Gasteiger partial charge in [-0.05, 0) is 130 Å². The third-order valence-electron chi connectivity index (χ3n) is 17.1. The molecule has 0 spiro atoms. The van der Waals surface area contributed by atoms with Crippen LogP contribution < -0.4 is 0 Å². The molecule has 0 radical (unpaired) electrons. The summed E-state index contributed by atoms with van der Waals surface area (Å²) in [7, 11) is 0. The highest BCUT2D eigenvalue weighted by molar-refractivity contribution is 6.25. The van der Waals surface area contributed by atoms with Crippen molar-refractivity contribution < 1.29 is 8.83 Å². The number of furan rings is 2. The topological polar surface area (TPSA) is 127 Å². The summed E-state index contributed by atoms with van der Waals surface area (Å²) >= 11 is 0. The molecular weight excluding hydrogens is 1080 g/mol.